The molecule has 1 aliphatic rings. The fraction of sp³-hybridized carbons (Fsp3) is 0.786. The third kappa shape index (κ3) is 3.12. The minimum atomic E-state index is 0.243. The Morgan fingerprint density at radius 3 is 2.94 bits per heavy atom. The van der Waals surface area contributed by atoms with E-state index in [1.165, 1.54) is 18.4 Å². The second kappa shape index (κ2) is 5.41. The van der Waals surface area contributed by atoms with Gasteiger partial charge in [0, 0.05) is 43.5 Å². The number of aryl methyl sites for hydroxylation is 1. The molecule has 4 nitrogen and oxygen atoms in total. The van der Waals surface area contributed by atoms with Crippen molar-refractivity contribution >= 4 is 0 Å². The summed E-state index contributed by atoms with van der Waals surface area (Å²) in [4.78, 5) is 2.58. The van der Waals surface area contributed by atoms with Crippen LogP contribution in [0.5, 0.6) is 0 Å². The largest absolute Gasteiger partial charge is 0.310 e. The highest BCUT2D eigenvalue weighted by Crippen LogP contribution is 2.20. The van der Waals surface area contributed by atoms with E-state index in [-0.39, 0.29) is 5.54 Å². The van der Waals surface area contributed by atoms with Crippen LogP contribution in [0.2, 0.25) is 0 Å². The molecule has 0 bridgehead atoms. The molecule has 0 saturated carbocycles. The van der Waals surface area contributed by atoms with Gasteiger partial charge >= 0.3 is 0 Å². The molecule has 1 aliphatic heterocycles. The quantitative estimate of drug-likeness (QED) is 0.887. The first-order valence-corrected chi connectivity index (χ1v) is 6.99. The van der Waals surface area contributed by atoms with Gasteiger partial charge in [0.15, 0.2) is 0 Å². The Kier molecular flexibility index (Phi) is 4.07. The zero-order valence-corrected chi connectivity index (χ0v) is 12.1. The number of nitrogens with one attached hydrogen (secondary N) is 1. The van der Waals surface area contributed by atoms with E-state index < -0.39 is 0 Å². The first-order chi connectivity index (χ1) is 8.52. The van der Waals surface area contributed by atoms with E-state index in [4.69, 9.17) is 0 Å². The molecular formula is C14H26N4. The molecule has 1 aromatic heterocycles. The Hall–Kier alpha value is -0.870. The van der Waals surface area contributed by atoms with Crippen molar-refractivity contribution in [3.8, 4) is 0 Å². The summed E-state index contributed by atoms with van der Waals surface area (Å²) in [5.41, 5.74) is 1.55. The smallest absolute Gasteiger partial charge is 0.0534 e. The number of rotatable bonds is 3. The van der Waals surface area contributed by atoms with Crippen LogP contribution < -0.4 is 5.32 Å². The molecule has 102 valence electrons. The third-order valence-electron chi connectivity index (χ3n) is 4.21. The van der Waals surface area contributed by atoms with Gasteiger partial charge in [-0.05, 0) is 33.2 Å². The highest BCUT2D eigenvalue weighted by atomic mass is 15.3. The molecule has 1 aromatic rings. The second-order valence-corrected chi connectivity index (χ2v) is 5.91. The Bertz CT molecular complexity index is 387. The molecule has 0 spiro atoms. The Balaban J connectivity index is 2.08. The average Bonchev–Trinajstić information content (AvgIpc) is 2.67. The summed E-state index contributed by atoms with van der Waals surface area (Å²) in [5, 5.41) is 7.96. The van der Waals surface area contributed by atoms with Gasteiger partial charge in [-0.3, -0.25) is 9.58 Å². The molecule has 0 amide bonds. The predicted octanol–water partition coefficient (Wildman–Crippen LogP) is 1.77. The molecule has 0 aromatic carbocycles. The van der Waals surface area contributed by atoms with Crippen molar-refractivity contribution in [2.24, 2.45) is 7.05 Å². The molecule has 2 rings (SSSR count). The van der Waals surface area contributed by atoms with Crippen molar-refractivity contribution in [3.63, 3.8) is 0 Å². The lowest BCUT2D eigenvalue weighted by atomic mass is 9.98. The first-order valence-electron chi connectivity index (χ1n) is 6.99. The van der Waals surface area contributed by atoms with Gasteiger partial charge < -0.3 is 5.32 Å². The topological polar surface area (TPSA) is 33.1 Å². The number of hydrogen-bond donors (Lipinski definition) is 1. The third-order valence-corrected chi connectivity index (χ3v) is 4.21. The van der Waals surface area contributed by atoms with Crippen LogP contribution in [0.3, 0.4) is 0 Å². The normalized spacial score (nSPS) is 30.3. The average molecular weight is 250 g/mol. The van der Waals surface area contributed by atoms with Crippen LogP contribution in [0.4, 0.5) is 0 Å². The summed E-state index contributed by atoms with van der Waals surface area (Å²) >= 11 is 0. The molecule has 2 heterocycles. The molecule has 1 N–H and O–H groups in total. The van der Waals surface area contributed by atoms with Crippen LogP contribution in [-0.2, 0) is 13.6 Å². The van der Waals surface area contributed by atoms with E-state index in [1.807, 2.05) is 17.9 Å². The maximum atomic E-state index is 4.26. The van der Waals surface area contributed by atoms with Gasteiger partial charge in [0.1, 0.15) is 0 Å². The summed E-state index contributed by atoms with van der Waals surface area (Å²) < 4.78 is 1.88. The SMILES string of the molecule is CCC1(C)CN(Cc2cnn(C)c2)C(C)CCN1. The van der Waals surface area contributed by atoms with Gasteiger partial charge in [-0.2, -0.15) is 5.10 Å². The lowest BCUT2D eigenvalue weighted by Gasteiger charge is -2.34. The summed E-state index contributed by atoms with van der Waals surface area (Å²) in [6.45, 7) is 10.2. The van der Waals surface area contributed by atoms with Gasteiger partial charge in [-0.25, -0.2) is 0 Å². The van der Waals surface area contributed by atoms with Crippen LogP contribution in [-0.4, -0.2) is 39.4 Å². The summed E-state index contributed by atoms with van der Waals surface area (Å²) in [6, 6.07) is 0.631. The van der Waals surface area contributed by atoms with Gasteiger partial charge in [0.2, 0.25) is 0 Å². The van der Waals surface area contributed by atoms with E-state index in [0.29, 0.717) is 6.04 Å². The van der Waals surface area contributed by atoms with Crippen LogP contribution in [0.25, 0.3) is 0 Å². The molecule has 0 radical (unpaired) electrons. The van der Waals surface area contributed by atoms with Crippen molar-refractivity contribution in [2.45, 2.75) is 51.7 Å². The summed E-state index contributed by atoms with van der Waals surface area (Å²) in [7, 11) is 1.98. The predicted molar refractivity (Wildman–Crippen MR) is 74.4 cm³/mol. The molecule has 2 atom stereocenters. The lowest BCUT2D eigenvalue weighted by molar-refractivity contribution is 0.163. The molecular weight excluding hydrogens is 224 g/mol. The minimum absolute atomic E-state index is 0.243. The van der Waals surface area contributed by atoms with Gasteiger partial charge in [-0.15, -0.1) is 0 Å². The molecule has 0 aliphatic carbocycles. The van der Waals surface area contributed by atoms with Crippen molar-refractivity contribution in [1.82, 2.24) is 20.0 Å². The molecule has 1 fully saturated rings. The van der Waals surface area contributed by atoms with Crippen LogP contribution in [0, 0.1) is 0 Å². The van der Waals surface area contributed by atoms with Crippen LogP contribution in [0.1, 0.15) is 39.2 Å². The van der Waals surface area contributed by atoms with Crippen LogP contribution in [0.15, 0.2) is 12.4 Å². The highest BCUT2D eigenvalue weighted by molar-refractivity contribution is 5.05. The highest BCUT2D eigenvalue weighted by Gasteiger charge is 2.30. The Morgan fingerprint density at radius 2 is 2.33 bits per heavy atom. The monoisotopic (exact) mass is 250 g/mol. The van der Waals surface area contributed by atoms with Crippen molar-refractivity contribution < 1.29 is 0 Å². The second-order valence-electron chi connectivity index (χ2n) is 5.91. The minimum Gasteiger partial charge on any atom is -0.310 e. The first kappa shape index (κ1) is 13.6. The number of nitrogens with zero attached hydrogens (tertiary/aromatic N) is 3. The molecule has 4 heteroatoms. The fourth-order valence-corrected chi connectivity index (χ4v) is 2.66. The number of aromatic nitrogens is 2. The maximum absolute atomic E-state index is 4.26. The standard InChI is InChI=1S/C14H26N4/c1-5-14(3)11-18(12(2)6-7-15-14)10-13-8-16-17(4)9-13/h8-9,12,15H,5-7,10-11H2,1-4H3. The van der Waals surface area contributed by atoms with Gasteiger partial charge in [0.05, 0.1) is 6.20 Å². The van der Waals surface area contributed by atoms with Gasteiger partial charge in [0.25, 0.3) is 0 Å². The van der Waals surface area contributed by atoms with E-state index >= 15 is 0 Å². The van der Waals surface area contributed by atoms with Crippen molar-refractivity contribution in [2.75, 3.05) is 13.1 Å². The molecule has 2 unspecified atom stereocenters. The van der Waals surface area contributed by atoms with E-state index in [9.17, 15) is 0 Å². The summed E-state index contributed by atoms with van der Waals surface area (Å²) in [6.07, 6.45) is 6.49. The van der Waals surface area contributed by atoms with E-state index in [2.05, 4.69) is 42.3 Å². The molecule has 18 heavy (non-hydrogen) atoms. The summed E-state index contributed by atoms with van der Waals surface area (Å²) in [5.74, 6) is 0. The van der Waals surface area contributed by atoms with E-state index in [0.717, 1.165) is 19.6 Å². The zero-order chi connectivity index (χ0) is 13.2. The maximum Gasteiger partial charge on any atom is 0.0534 e. The number of hydrogen-bond acceptors (Lipinski definition) is 3. The van der Waals surface area contributed by atoms with Gasteiger partial charge in [-0.1, -0.05) is 6.92 Å². The fourth-order valence-electron chi connectivity index (χ4n) is 2.66. The molecule has 1 saturated heterocycles. The Labute approximate surface area is 110 Å². The van der Waals surface area contributed by atoms with Crippen molar-refractivity contribution in [3.05, 3.63) is 18.0 Å². The van der Waals surface area contributed by atoms with Crippen molar-refractivity contribution in [1.29, 1.82) is 0 Å². The lowest BCUT2D eigenvalue weighted by Crippen LogP contribution is -2.49. The Morgan fingerprint density at radius 1 is 1.56 bits per heavy atom. The zero-order valence-electron chi connectivity index (χ0n) is 12.1. The van der Waals surface area contributed by atoms with E-state index in [1.54, 1.807) is 0 Å². The van der Waals surface area contributed by atoms with Crippen LogP contribution >= 0.6 is 0 Å².